The van der Waals surface area contributed by atoms with Crippen LogP contribution in [0.3, 0.4) is 0 Å². The molecular weight excluding hydrogens is 206 g/mol. The summed E-state index contributed by atoms with van der Waals surface area (Å²) in [5.41, 5.74) is 6.25. The molecule has 0 aliphatic carbocycles. The van der Waals surface area contributed by atoms with E-state index in [4.69, 9.17) is 15.6 Å². The number of aliphatic hydroxyl groups excluding tert-OH is 1. The standard InChI is InChI=1S/C11H19N3O2/c1-3-6-16-11-9(12)4-5-10(14-11)13-8(2)7-15/h4-5,8,15H,3,6-7,12H2,1-2H3,(H,13,14). The molecule has 0 bridgehead atoms. The Morgan fingerprint density at radius 1 is 1.56 bits per heavy atom. The predicted molar refractivity (Wildman–Crippen MR) is 64.6 cm³/mol. The fourth-order valence-electron chi connectivity index (χ4n) is 1.14. The summed E-state index contributed by atoms with van der Waals surface area (Å²) in [6.07, 6.45) is 0.909. The second kappa shape index (κ2) is 6.17. The molecule has 90 valence electrons. The van der Waals surface area contributed by atoms with Gasteiger partial charge in [0, 0.05) is 6.04 Å². The van der Waals surface area contributed by atoms with Crippen molar-refractivity contribution in [3.8, 4) is 5.88 Å². The summed E-state index contributed by atoms with van der Waals surface area (Å²) in [5.74, 6) is 1.10. The first-order chi connectivity index (χ1) is 7.67. The van der Waals surface area contributed by atoms with Gasteiger partial charge in [-0.1, -0.05) is 6.92 Å². The molecule has 5 heteroatoms. The summed E-state index contributed by atoms with van der Waals surface area (Å²) in [6, 6.07) is 3.46. The fourth-order valence-corrected chi connectivity index (χ4v) is 1.14. The summed E-state index contributed by atoms with van der Waals surface area (Å²) in [7, 11) is 0. The maximum atomic E-state index is 8.92. The van der Waals surface area contributed by atoms with Crippen molar-refractivity contribution in [2.75, 3.05) is 24.3 Å². The zero-order chi connectivity index (χ0) is 12.0. The van der Waals surface area contributed by atoms with E-state index in [1.807, 2.05) is 13.8 Å². The van der Waals surface area contributed by atoms with Crippen LogP contribution in [0.4, 0.5) is 11.5 Å². The van der Waals surface area contributed by atoms with Crippen molar-refractivity contribution in [3.05, 3.63) is 12.1 Å². The minimum absolute atomic E-state index is 0.0462. The average Bonchev–Trinajstić information content (AvgIpc) is 2.29. The molecule has 0 saturated carbocycles. The second-order valence-electron chi connectivity index (χ2n) is 3.67. The van der Waals surface area contributed by atoms with Crippen LogP contribution in [-0.2, 0) is 0 Å². The molecule has 0 radical (unpaired) electrons. The SMILES string of the molecule is CCCOc1nc(NC(C)CO)ccc1N. The third-order valence-electron chi connectivity index (χ3n) is 2.00. The molecule has 0 spiro atoms. The van der Waals surface area contributed by atoms with Crippen LogP contribution in [0.5, 0.6) is 5.88 Å². The van der Waals surface area contributed by atoms with Gasteiger partial charge in [-0.25, -0.2) is 0 Å². The number of anilines is 2. The van der Waals surface area contributed by atoms with Gasteiger partial charge in [0.25, 0.3) is 0 Å². The van der Waals surface area contributed by atoms with Gasteiger partial charge in [-0.3, -0.25) is 0 Å². The van der Waals surface area contributed by atoms with Crippen LogP contribution in [-0.4, -0.2) is 29.3 Å². The van der Waals surface area contributed by atoms with Crippen LogP contribution >= 0.6 is 0 Å². The number of hydrogen-bond donors (Lipinski definition) is 3. The Balaban J connectivity index is 2.72. The van der Waals surface area contributed by atoms with Crippen LogP contribution in [0.2, 0.25) is 0 Å². The van der Waals surface area contributed by atoms with Gasteiger partial charge in [-0.15, -0.1) is 0 Å². The summed E-state index contributed by atoms with van der Waals surface area (Å²) < 4.78 is 5.40. The molecular formula is C11H19N3O2. The van der Waals surface area contributed by atoms with E-state index in [1.54, 1.807) is 12.1 Å². The van der Waals surface area contributed by atoms with Crippen molar-refractivity contribution >= 4 is 11.5 Å². The molecule has 0 aliphatic heterocycles. The van der Waals surface area contributed by atoms with Crippen molar-refractivity contribution < 1.29 is 9.84 Å². The molecule has 0 fully saturated rings. The molecule has 1 atom stereocenters. The largest absolute Gasteiger partial charge is 0.476 e. The maximum Gasteiger partial charge on any atom is 0.239 e. The Morgan fingerprint density at radius 2 is 2.31 bits per heavy atom. The quantitative estimate of drug-likeness (QED) is 0.679. The average molecular weight is 225 g/mol. The number of ether oxygens (including phenoxy) is 1. The molecule has 1 rings (SSSR count). The number of pyridine rings is 1. The number of hydrogen-bond acceptors (Lipinski definition) is 5. The van der Waals surface area contributed by atoms with E-state index in [-0.39, 0.29) is 12.6 Å². The topological polar surface area (TPSA) is 80.4 Å². The molecule has 1 unspecified atom stereocenters. The lowest BCUT2D eigenvalue weighted by Crippen LogP contribution is -2.20. The minimum Gasteiger partial charge on any atom is -0.476 e. The smallest absolute Gasteiger partial charge is 0.239 e. The number of aliphatic hydroxyl groups is 1. The van der Waals surface area contributed by atoms with Crippen molar-refractivity contribution in [2.24, 2.45) is 0 Å². The maximum absolute atomic E-state index is 8.92. The first-order valence-electron chi connectivity index (χ1n) is 5.44. The van der Waals surface area contributed by atoms with Crippen LogP contribution < -0.4 is 15.8 Å². The third-order valence-corrected chi connectivity index (χ3v) is 2.00. The number of nitrogens with two attached hydrogens (primary N) is 1. The fraction of sp³-hybridized carbons (Fsp3) is 0.545. The molecule has 0 aromatic carbocycles. The monoisotopic (exact) mass is 225 g/mol. The summed E-state index contributed by atoms with van der Waals surface area (Å²) in [5, 5.41) is 12.0. The number of nitrogens with zero attached hydrogens (tertiary/aromatic N) is 1. The van der Waals surface area contributed by atoms with E-state index < -0.39 is 0 Å². The van der Waals surface area contributed by atoms with Gasteiger partial charge in [-0.2, -0.15) is 4.98 Å². The van der Waals surface area contributed by atoms with E-state index in [0.29, 0.717) is 24.0 Å². The zero-order valence-corrected chi connectivity index (χ0v) is 9.73. The Kier molecular flexibility index (Phi) is 4.85. The highest BCUT2D eigenvalue weighted by atomic mass is 16.5. The summed E-state index contributed by atoms with van der Waals surface area (Å²) in [6.45, 7) is 4.53. The molecule has 0 aliphatic rings. The highest BCUT2D eigenvalue weighted by Crippen LogP contribution is 2.21. The van der Waals surface area contributed by atoms with Gasteiger partial charge in [0.1, 0.15) is 5.82 Å². The van der Waals surface area contributed by atoms with Gasteiger partial charge >= 0.3 is 0 Å². The van der Waals surface area contributed by atoms with Crippen LogP contribution in [0, 0.1) is 0 Å². The summed E-state index contributed by atoms with van der Waals surface area (Å²) in [4.78, 5) is 4.23. The highest BCUT2D eigenvalue weighted by molar-refractivity contribution is 5.53. The number of rotatable bonds is 6. The molecule has 0 amide bonds. The van der Waals surface area contributed by atoms with Gasteiger partial charge in [0.05, 0.1) is 18.9 Å². The number of nitrogen functional groups attached to an aromatic ring is 1. The highest BCUT2D eigenvalue weighted by Gasteiger charge is 2.06. The van der Waals surface area contributed by atoms with E-state index in [0.717, 1.165) is 6.42 Å². The lowest BCUT2D eigenvalue weighted by molar-refractivity contribution is 0.280. The first kappa shape index (κ1) is 12.6. The third kappa shape index (κ3) is 3.58. The second-order valence-corrected chi connectivity index (χ2v) is 3.67. The van der Waals surface area contributed by atoms with Crippen LogP contribution in [0.1, 0.15) is 20.3 Å². The van der Waals surface area contributed by atoms with Crippen molar-refractivity contribution in [1.29, 1.82) is 0 Å². The van der Waals surface area contributed by atoms with Gasteiger partial charge in [-0.05, 0) is 25.5 Å². The molecule has 16 heavy (non-hydrogen) atoms. The van der Waals surface area contributed by atoms with Crippen molar-refractivity contribution in [3.63, 3.8) is 0 Å². The van der Waals surface area contributed by atoms with E-state index in [9.17, 15) is 0 Å². The van der Waals surface area contributed by atoms with Gasteiger partial charge in [0.2, 0.25) is 5.88 Å². The Bertz CT molecular complexity index is 331. The molecule has 1 aromatic rings. The molecule has 1 aromatic heterocycles. The van der Waals surface area contributed by atoms with Crippen molar-refractivity contribution in [2.45, 2.75) is 26.3 Å². The molecule has 1 heterocycles. The Hall–Kier alpha value is -1.49. The lowest BCUT2D eigenvalue weighted by atomic mass is 10.3. The summed E-state index contributed by atoms with van der Waals surface area (Å²) >= 11 is 0. The Labute approximate surface area is 95.6 Å². The van der Waals surface area contributed by atoms with Gasteiger partial charge < -0.3 is 20.9 Å². The van der Waals surface area contributed by atoms with Gasteiger partial charge in [0.15, 0.2) is 0 Å². The Morgan fingerprint density at radius 3 is 2.94 bits per heavy atom. The zero-order valence-electron chi connectivity index (χ0n) is 9.73. The van der Waals surface area contributed by atoms with Crippen LogP contribution in [0.25, 0.3) is 0 Å². The molecule has 0 saturated heterocycles. The molecule has 5 nitrogen and oxygen atoms in total. The number of nitrogens with one attached hydrogen (secondary N) is 1. The normalized spacial score (nSPS) is 12.2. The first-order valence-corrected chi connectivity index (χ1v) is 5.44. The van der Waals surface area contributed by atoms with Crippen LogP contribution in [0.15, 0.2) is 12.1 Å². The minimum atomic E-state index is -0.0462. The predicted octanol–water partition coefficient (Wildman–Crippen LogP) is 1.25. The molecule has 4 N–H and O–H groups in total. The van der Waals surface area contributed by atoms with E-state index in [1.165, 1.54) is 0 Å². The number of aromatic nitrogens is 1. The van der Waals surface area contributed by atoms with E-state index >= 15 is 0 Å². The lowest BCUT2D eigenvalue weighted by Gasteiger charge is -2.13. The van der Waals surface area contributed by atoms with E-state index in [2.05, 4.69) is 10.3 Å². The van der Waals surface area contributed by atoms with Crippen molar-refractivity contribution in [1.82, 2.24) is 4.98 Å².